The van der Waals surface area contributed by atoms with E-state index in [-0.39, 0.29) is 12.0 Å². The molecule has 1 aromatic rings. The highest BCUT2D eigenvalue weighted by molar-refractivity contribution is 6.35. The van der Waals surface area contributed by atoms with Crippen LogP contribution in [0.1, 0.15) is 39.2 Å². The van der Waals surface area contributed by atoms with Crippen LogP contribution < -0.4 is 5.32 Å². The third kappa shape index (κ3) is 4.55. The minimum Gasteiger partial charge on any atom is -0.444 e. The molecule has 2 amide bonds. The van der Waals surface area contributed by atoms with E-state index in [2.05, 4.69) is 10.3 Å². The van der Waals surface area contributed by atoms with Gasteiger partial charge in [-0.25, -0.2) is 4.79 Å². The molecule has 0 unspecified atom stereocenters. The van der Waals surface area contributed by atoms with Crippen molar-refractivity contribution in [3.63, 3.8) is 0 Å². The van der Waals surface area contributed by atoms with Crippen LogP contribution >= 0.6 is 23.2 Å². The molecule has 146 valence electrons. The third-order valence-electron chi connectivity index (χ3n) is 4.64. The molecule has 0 saturated carbocycles. The van der Waals surface area contributed by atoms with E-state index in [9.17, 15) is 9.59 Å². The molecule has 1 saturated heterocycles. The van der Waals surface area contributed by atoms with Crippen molar-refractivity contribution in [1.29, 1.82) is 0 Å². The summed E-state index contributed by atoms with van der Waals surface area (Å²) in [5, 5.41) is 3.98. The van der Waals surface area contributed by atoms with E-state index in [4.69, 9.17) is 27.9 Å². The lowest BCUT2D eigenvalue weighted by atomic mass is 9.88. The summed E-state index contributed by atoms with van der Waals surface area (Å²) in [6.45, 7) is 6.36. The van der Waals surface area contributed by atoms with Crippen LogP contribution in [0.15, 0.2) is 23.2 Å². The fourth-order valence-electron chi connectivity index (χ4n) is 3.24. The van der Waals surface area contributed by atoms with Gasteiger partial charge in [0.05, 0.1) is 0 Å². The van der Waals surface area contributed by atoms with Crippen molar-refractivity contribution < 1.29 is 14.3 Å². The number of carbonyl (C=O) groups is 2. The van der Waals surface area contributed by atoms with Gasteiger partial charge in [-0.05, 0) is 51.3 Å². The van der Waals surface area contributed by atoms with E-state index in [0.29, 0.717) is 48.2 Å². The highest BCUT2D eigenvalue weighted by Gasteiger charge is 2.46. The Kier molecular flexibility index (Phi) is 5.41. The second-order valence-corrected chi connectivity index (χ2v) is 8.77. The highest BCUT2D eigenvalue weighted by atomic mass is 35.5. The first kappa shape index (κ1) is 20.0. The maximum Gasteiger partial charge on any atom is 0.410 e. The SMILES string of the molecule is CC(C)(C)OC(=O)N1CCC2(CC1)N=C(Cc1ccc(Cl)cc1Cl)NC2=O. The Bertz CT molecular complexity index is 794. The molecule has 1 fully saturated rings. The number of hydrogen-bond donors (Lipinski definition) is 1. The summed E-state index contributed by atoms with van der Waals surface area (Å²) < 4.78 is 5.40. The Labute approximate surface area is 168 Å². The average Bonchev–Trinajstić information content (AvgIpc) is 2.84. The van der Waals surface area contributed by atoms with Crippen molar-refractivity contribution in [3.05, 3.63) is 33.8 Å². The maximum atomic E-state index is 12.6. The van der Waals surface area contributed by atoms with Gasteiger partial charge in [-0.15, -0.1) is 0 Å². The van der Waals surface area contributed by atoms with Crippen molar-refractivity contribution in [1.82, 2.24) is 10.2 Å². The molecule has 1 N–H and O–H groups in total. The molecule has 2 aliphatic rings. The van der Waals surface area contributed by atoms with Crippen molar-refractivity contribution in [2.24, 2.45) is 4.99 Å². The second kappa shape index (κ2) is 7.32. The van der Waals surface area contributed by atoms with E-state index < -0.39 is 11.1 Å². The minimum absolute atomic E-state index is 0.119. The number of likely N-dealkylation sites (tertiary alicyclic amines) is 1. The highest BCUT2D eigenvalue weighted by Crippen LogP contribution is 2.32. The lowest BCUT2D eigenvalue weighted by Crippen LogP contribution is -2.51. The predicted octanol–water partition coefficient (Wildman–Crippen LogP) is 3.83. The van der Waals surface area contributed by atoms with Gasteiger partial charge < -0.3 is 15.0 Å². The number of hydrogen-bond acceptors (Lipinski definition) is 4. The van der Waals surface area contributed by atoms with Crippen molar-refractivity contribution in [2.45, 2.75) is 51.2 Å². The van der Waals surface area contributed by atoms with Crippen LogP contribution in [0.5, 0.6) is 0 Å². The Morgan fingerprint density at radius 3 is 2.56 bits per heavy atom. The lowest BCUT2D eigenvalue weighted by molar-refractivity contribution is -0.125. The number of ether oxygens (including phenoxy) is 1. The second-order valence-electron chi connectivity index (χ2n) is 7.92. The zero-order chi connectivity index (χ0) is 19.8. The molecule has 3 rings (SSSR count). The molecule has 1 spiro atoms. The molecule has 0 radical (unpaired) electrons. The van der Waals surface area contributed by atoms with E-state index in [1.165, 1.54) is 0 Å². The van der Waals surface area contributed by atoms with Gasteiger partial charge in [-0.1, -0.05) is 29.3 Å². The summed E-state index contributed by atoms with van der Waals surface area (Å²) >= 11 is 12.1. The first-order valence-electron chi connectivity index (χ1n) is 8.90. The molecule has 0 aromatic heterocycles. The molecule has 0 aliphatic carbocycles. The third-order valence-corrected chi connectivity index (χ3v) is 5.23. The molecule has 1 aromatic carbocycles. The van der Waals surface area contributed by atoms with Crippen LogP contribution in [0.4, 0.5) is 4.79 Å². The first-order valence-corrected chi connectivity index (χ1v) is 9.66. The molecular weight excluding hydrogens is 389 g/mol. The van der Waals surface area contributed by atoms with Gasteiger partial charge in [0.25, 0.3) is 5.91 Å². The zero-order valence-electron chi connectivity index (χ0n) is 15.6. The Hall–Kier alpha value is -1.79. The largest absolute Gasteiger partial charge is 0.444 e. The monoisotopic (exact) mass is 411 g/mol. The van der Waals surface area contributed by atoms with E-state index in [1.807, 2.05) is 26.8 Å². The van der Waals surface area contributed by atoms with Crippen molar-refractivity contribution >= 4 is 41.0 Å². The fraction of sp³-hybridized carbons (Fsp3) is 0.526. The van der Waals surface area contributed by atoms with Gasteiger partial charge in [-0.2, -0.15) is 0 Å². The predicted molar refractivity (Wildman–Crippen MR) is 106 cm³/mol. The van der Waals surface area contributed by atoms with Crippen molar-refractivity contribution in [3.8, 4) is 0 Å². The van der Waals surface area contributed by atoms with Gasteiger partial charge in [-0.3, -0.25) is 9.79 Å². The van der Waals surface area contributed by atoms with E-state index in [0.717, 1.165) is 5.56 Å². The summed E-state index contributed by atoms with van der Waals surface area (Å²) in [7, 11) is 0. The minimum atomic E-state index is -0.813. The number of carbonyl (C=O) groups excluding carboxylic acids is 2. The topological polar surface area (TPSA) is 71.0 Å². The smallest absolute Gasteiger partial charge is 0.410 e. The number of nitrogens with one attached hydrogen (secondary N) is 1. The van der Waals surface area contributed by atoms with E-state index in [1.54, 1.807) is 17.0 Å². The fourth-order valence-corrected chi connectivity index (χ4v) is 3.71. The van der Waals surface area contributed by atoms with Crippen LogP contribution in [0, 0.1) is 0 Å². The summed E-state index contributed by atoms with van der Waals surface area (Å²) in [5.41, 5.74) is -0.504. The Morgan fingerprint density at radius 2 is 1.96 bits per heavy atom. The van der Waals surface area contributed by atoms with Crippen LogP contribution in [-0.2, 0) is 16.0 Å². The van der Waals surface area contributed by atoms with Crippen LogP contribution in [0.25, 0.3) is 0 Å². The van der Waals surface area contributed by atoms with Gasteiger partial charge >= 0.3 is 6.09 Å². The number of amidine groups is 1. The summed E-state index contributed by atoms with van der Waals surface area (Å²) in [6.07, 6.45) is 1.01. The van der Waals surface area contributed by atoms with Gasteiger partial charge in [0, 0.05) is 29.6 Å². The molecular formula is C19H23Cl2N3O3. The molecule has 8 heteroatoms. The number of benzene rings is 1. The van der Waals surface area contributed by atoms with Crippen LogP contribution in [0.3, 0.4) is 0 Å². The first-order chi connectivity index (χ1) is 12.6. The van der Waals surface area contributed by atoms with Crippen LogP contribution in [0.2, 0.25) is 10.0 Å². The number of halogens is 2. The summed E-state index contributed by atoms with van der Waals surface area (Å²) in [4.78, 5) is 31.1. The Morgan fingerprint density at radius 1 is 1.30 bits per heavy atom. The summed E-state index contributed by atoms with van der Waals surface area (Å²) in [6, 6.07) is 5.26. The van der Waals surface area contributed by atoms with Gasteiger partial charge in [0.1, 0.15) is 17.0 Å². The number of piperidine rings is 1. The number of nitrogens with zero attached hydrogens (tertiary/aromatic N) is 2. The molecule has 2 heterocycles. The Balaban J connectivity index is 1.67. The number of amides is 2. The standard InChI is InChI=1S/C19H23Cl2N3O3/c1-18(2,3)27-17(26)24-8-6-19(7-9-24)16(25)22-15(23-19)10-12-4-5-13(20)11-14(12)21/h4-5,11H,6-10H2,1-3H3,(H,22,23,25). The molecule has 0 atom stereocenters. The molecule has 27 heavy (non-hydrogen) atoms. The van der Waals surface area contributed by atoms with E-state index >= 15 is 0 Å². The number of aliphatic imine (C=N–C) groups is 1. The maximum absolute atomic E-state index is 12.6. The molecule has 2 aliphatic heterocycles. The number of rotatable bonds is 2. The zero-order valence-corrected chi connectivity index (χ0v) is 17.2. The molecule has 6 nitrogen and oxygen atoms in total. The van der Waals surface area contributed by atoms with Gasteiger partial charge in [0.15, 0.2) is 0 Å². The quantitative estimate of drug-likeness (QED) is 0.803. The molecule has 0 bridgehead atoms. The summed E-state index contributed by atoms with van der Waals surface area (Å²) in [5.74, 6) is 0.473. The van der Waals surface area contributed by atoms with Crippen molar-refractivity contribution in [2.75, 3.05) is 13.1 Å². The van der Waals surface area contributed by atoms with Gasteiger partial charge in [0.2, 0.25) is 0 Å². The van der Waals surface area contributed by atoms with Crippen LogP contribution in [-0.4, -0.2) is 47.0 Å². The lowest BCUT2D eigenvalue weighted by Gasteiger charge is -2.36. The average molecular weight is 412 g/mol. The normalized spacial score (nSPS) is 19.1.